The molecule has 1 fully saturated rings. The van der Waals surface area contributed by atoms with Crippen LogP contribution in [0, 0.1) is 10.8 Å². The Morgan fingerprint density at radius 2 is 1.92 bits per heavy atom. The van der Waals surface area contributed by atoms with Crippen LogP contribution in [0.3, 0.4) is 0 Å². The van der Waals surface area contributed by atoms with E-state index in [0.29, 0.717) is 0 Å². The van der Waals surface area contributed by atoms with Crippen LogP contribution in [0.4, 0.5) is 0 Å². The lowest BCUT2D eigenvalue weighted by Crippen LogP contribution is -2.24. The lowest BCUT2D eigenvalue weighted by molar-refractivity contribution is -0.127. The summed E-state index contributed by atoms with van der Waals surface area (Å²) in [5, 5.41) is 21.7. The van der Waals surface area contributed by atoms with E-state index in [-0.39, 0.29) is 18.8 Å². The molecular weight excluding hydrogens is 186 g/mol. The highest BCUT2D eigenvalue weighted by Gasteiger charge is 2.27. The molecule has 1 unspecified atom stereocenters. The molecule has 0 saturated carbocycles. The van der Waals surface area contributed by atoms with E-state index in [1.54, 1.807) is 0 Å². The number of rotatable bonds is 0. The van der Waals surface area contributed by atoms with Gasteiger partial charge in [-0.05, 0) is 0 Å². The monoisotopic (exact) mass is 193 g/mol. The first-order valence-electron chi connectivity index (χ1n) is 2.72. The Balaban J connectivity index is 0. The average molecular weight is 194 g/mol. The predicted octanol–water partition coefficient (Wildman–Crippen LogP) is -0.867. The van der Waals surface area contributed by atoms with Gasteiger partial charge in [-0.3, -0.25) is 14.9 Å². The molecule has 1 heterocycles. The Kier molecular flexibility index (Phi) is 7.22. The number of aliphatic hydroxyl groups excluding tert-OH is 1. The van der Waals surface area contributed by atoms with Gasteiger partial charge in [0.25, 0.3) is 5.91 Å². The molecule has 12 heavy (non-hydrogen) atoms. The summed E-state index contributed by atoms with van der Waals surface area (Å²) in [6.07, 6.45) is -1.19. The van der Waals surface area contributed by atoms with Crippen LogP contribution in [-0.2, 0) is 9.59 Å². The standard InChI is InChI=1S/C4H5NO3.CH2N2.ClH/c6-2-1-3(7)5-4(2)8;2-1-3;/h2,6H,1H2,(H,5,7,8);2-3H;1H. The Bertz CT molecular complexity index is 212. The smallest absolute Gasteiger partial charge is 0.255 e. The van der Waals surface area contributed by atoms with Crippen LogP contribution in [0.5, 0.6) is 0 Å². The van der Waals surface area contributed by atoms with Gasteiger partial charge in [0, 0.05) is 0 Å². The molecule has 0 aromatic heterocycles. The second-order valence-electron chi connectivity index (χ2n) is 1.76. The zero-order valence-corrected chi connectivity index (χ0v) is 6.77. The fraction of sp³-hybridized carbons (Fsp3) is 0.400. The number of carbonyl (C=O) groups is 2. The molecule has 1 rings (SSSR count). The molecule has 0 bridgehead atoms. The van der Waals surface area contributed by atoms with Crippen molar-refractivity contribution < 1.29 is 14.7 Å². The number of carbonyl (C=O) groups excluding carboxylic acids is 2. The largest absolute Gasteiger partial charge is 0.383 e. The maximum absolute atomic E-state index is 10.2. The van der Waals surface area contributed by atoms with Crippen molar-refractivity contribution in [2.75, 3.05) is 0 Å². The molecule has 68 valence electrons. The molecule has 7 heteroatoms. The number of aliphatic hydroxyl groups is 1. The van der Waals surface area contributed by atoms with Gasteiger partial charge in [-0.15, -0.1) is 12.4 Å². The molecule has 0 aromatic carbocycles. The highest BCUT2D eigenvalue weighted by atomic mass is 35.5. The highest BCUT2D eigenvalue weighted by molar-refractivity contribution is 6.04. The van der Waals surface area contributed by atoms with E-state index in [0.717, 1.165) is 0 Å². The molecule has 2 amide bonds. The minimum absolute atomic E-state index is 0. The summed E-state index contributed by atoms with van der Waals surface area (Å²) in [5.41, 5.74) is 0. The van der Waals surface area contributed by atoms with E-state index in [9.17, 15) is 9.59 Å². The summed E-state index contributed by atoms with van der Waals surface area (Å²) in [7, 11) is 0. The molecule has 1 aliphatic rings. The summed E-state index contributed by atoms with van der Waals surface area (Å²) in [6, 6.07) is 1.25. The van der Waals surface area contributed by atoms with E-state index in [2.05, 4.69) is 0 Å². The molecule has 1 saturated heterocycles. The second-order valence-corrected chi connectivity index (χ2v) is 1.76. The first-order chi connectivity index (χ1) is 5.11. The van der Waals surface area contributed by atoms with Crippen LogP contribution < -0.4 is 5.32 Å². The molecular formula is C5H8ClN3O3. The molecule has 6 nitrogen and oxygen atoms in total. The molecule has 4 N–H and O–H groups in total. The van der Waals surface area contributed by atoms with Gasteiger partial charge < -0.3 is 5.11 Å². The minimum Gasteiger partial charge on any atom is -0.383 e. The van der Waals surface area contributed by atoms with E-state index < -0.39 is 17.9 Å². The molecule has 0 aliphatic carbocycles. The van der Waals surface area contributed by atoms with Gasteiger partial charge in [-0.1, -0.05) is 0 Å². The lowest BCUT2D eigenvalue weighted by Gasteiger charge is -1.88. The van der Waals surface area contributed by atoms with Gasteiger partial charge >= 0.3 is 0 Å². The summed E-state index contributed by atoms with van der Waals surface area (Å²) < 4.78 is 0. The summed E-state index contributed by atoms with van der Waals surface area (Å²) >= 11 is 0. The SMILES string of the molecule is Cl.N=C=N.O=C1CC(O)C(=O)N1. The lowest BCUT2D eigenvalue weighted by atomic mass is 10.3. The van der Waals surface area contributed by atoms with Gasteiger partial charge in [0.1, 0.15) is 6.10 Å². The summed E-state index contributed by atoms with van der Waals surface area (Å²) in [5.74, 6) is -0.988. The average Bonchev–Trinajstić information content (AvgIpc) is 2.12. The van der Waals surface area contributed by atoms with Gasteiger partial charge in [0.05, 0.1) is 12.4 Å². The van der Waals surface area contributed by atoms with Crippen molar-refractivity contribution in [2.24, 2.45) is 0 Å². The number of nitrogens with one attached hydrogen (secondary N) is 3. The summed E-state index contributed by atoms with van der Waals surface area (Å²) in [4.78, 5) is 20.4. The van der Waals surface area contributed by atoms with Gasteiger partial charge in [0.2, 0.25) is 5.91 Å². The van der Waals surface area contributed by atoms with Crippen molar-refractivity contribution in [1.82, 2.24) is 5.32 Å². The van der Waals surface area contributed by atoms with Crippen molar-refractivity contribution in [2.45, 2.75) is 12.5 Å². The van der Waals surface area contributed by atoms with Crippen LogP contribution in [0.1, 0.15) is 6.42 Å². The number of hydrogen-bond donors (Lipinski definition) is 4. The molecule has 0 radical (unpaired) electrons. The molecule has 1 atom stereocenters. The number of halogens is 1. The van der Waals surface area contributed by atoms with Crippen molar-refractivity contribution in [3.05, 3.63) is 0 Å². The van der Waals surface area contributed by atoms with Crippen molar-refractivity contribution in [1.29, 1.82) is 10.8 Å². The van der Waals surface area contributed by atoms with Crippen LogP contribution in [-0.4, -0.2) is 29.0 Å². The second kappa shape index (κ2) is 6.48. The van der Waals surface area contributed by atoms with E-state index >= 15 is 0 Å². The fourth-order valence-corrected chi connectivity index (χ4v) is 0.540. The highest BCUT2D eigenvalue weighted by Crippen LogP contribution is 1.98. The molecule has 1 aliphatic heterocycles. The number of hydrogen-bond acceptors (Lipinski definition) is 5. The third-order valence-corrected chi connectivity index (χ3v) is 0.944. The van der Waals surface area contributed by atoms with Gasteiger partial charge in [0.15, 0.2) is 0 Å². The van der Waals surface area contributed by atoms with E-state index in [1.807, 2.05) is 5.32 Å². The summed E-state index contributed by atoms with van der Waals surface area (Å²) in [6.45, 7) is 0. The van der Waals surface area contributed by atoms with E-state index in [1.165, 1.54) is 6.01 Å². The number of amides is 2. The Morgan fingerprint density at radius 3 is 2.00 bits per heavy atom. The van der Waals surface area contributed by atoms with Crippen LogP contribution in [0.2, 0.25) is 0 Å². The van der Waals surface area contributed by atoms with Crippen LogP contribution in [0.15, 0.2) is 0 Å². The molecule has 0 aromatic rings. The third kappa shape index (κ3) is 4.56. The van der Waals surface area contributed by atoms with Crippen molar-refractivity contribution in [3.8, 4) is 0 Å². The Hall–Kier alpha value is -1.23. The number of imide groups is 1. The fourth-order valence-electron chi connectivity index (χ4n) is 0.540. The normalized spacial score (nSPS) is 19.6. The predicted molar refractivity (Wildman–Crippen MR) is 41.5 cm³/mol. The zero-order chi connectivity index (χ0) is 8.85. The van der Waals surface area contributed by atoms with Crippen LogP contribution in [0.25, 0.3) is 0 Å². The Labute approximate surface area is 74.4 Å². The van der Waals surface area contributed by atoms with E-state index in [4.69, 9.17) is 15.9 Å². The minimum atomic E-state index is -1.11. The first-order valence-corrected chi connectivity index (χ1v) is 2.72. The van der Waals surface area contributed by atoms with Crippen molar-refractivity contribution in [3.63, 3.8) is 0 Å². The third-order valence-electron chi connectivity index (χ3n) is 0.944. The van der Waals surface area contributed by atoms with Gasteiger partial charge in [-0.2, -0.15) is 0 Å². The quantitative estimate of drug-likeness (QED) is 0.296. The molecule has 0 spiro atoms. The first kappa shape index (κ1) is 13.4. The maximum Gasteiger partial charge on any atom is 0.255 e. The zero-order valence-electron chi connectivity index (χ0n) is 5.96. The topological polar surface area (TPSA) is 114 Å². The maximum atomic E-state index is 10.2. The van der Waals surface area contributed by atoms with Gasteiger partial charge in [-0.25, -0.2) is 10.8 Å². The van der Waals surface area contributed by atoms with Crippen LogP contribution >= 0.6 is 12.4 Å². The van der Waals surface area contributed by atoms with Crippen molar-refractivity contribution >= 4 is 30.2 Å². The Morgan fingerprint density at radius 1 is 1.50 bits per heavy atom.